The van der Waals surface area contributed by atoms with E-state index >= 15 is 0 Å². The van der Waals surface area contributed by atoms with E-state index in [2.05, 4.69) is 5.32 Å². The minimum atomic E-state index is -3.64. The second-order valence-electron chi connectivity index (χ2n) is 7.80. The largest absolute Gasteiger partial charge is 0.493 e. The summed E-state index contributed by atoms with van der Waals surface area (Å²) in [4.78, 5) is 15.0. The SMILES string of the molecule is CCN(CC)S(=O)(=O)c1cc(NC(=O)C(C)N(C)Cc2cccc(OC)c2OC)ccc1C. The molecule has 2 aromatic carbocycles. The summed E-state index contributed by atoms with van der Waals surface area (Å²) in [7, 11) is 1.37. The molecule has 1 atom stereocenters. The molecule has 0 saturated carbocycles. The molecule has 0 aliphatic heterocycles. The molecule has 0 spiro atoms. The van der Waals surface area contributed by atoms with E-state index in [0.717, 1.165) is 5.56 Å². The molecule has 0 bridgehead atoms. The van der Waals surface area contributed by atoms with Gasteiger partial charge in [0.2, 0.25) is 15.9 Å². The number of ether oxygens (including phenoxy) is 2. The molecule has 0 aliphatic carbocycles. The molecule has 0 aromatic heterocycles. The lowest BCUT2D eigenvalue weighted by molar-refractivity contribution is -0.120. The number of nitrogens with zero attached hydrogens (tertiary/aromatic N) is 2. The van der Waals surface area contributed by atoms with E-state index < -0.39 is 16.1 Å². The fourth-order valence-electron chi connectivity index (χ4n) is 3.59. The van der Waals surface area contributed by atoms with Crippen LogP contribution >= 0.6 is 0 Å². The zero-order valence-corrected chi connectivity index (χ0v) is 21.3. The Morgan fingerprint density at radius 3 is 2.33 bits per heavy atom. The summed E-state index contributed by atoms with van der Waals surface area (Å²) in [6.07, 6.45) is 0. The second-order valence-corrected chi connectivity index (χ2v) is 9.71. The topological polar surface area (TPSA) is 88.2 Å². The Bertz CT molecular complexity index is 1070. The zero-order chi connectivity index (χ0) is 24.8. The van der Waals surface area contributed by atoms with Crippen LogP contribution in [0, 0.1) is 6.92 Å². The molecule has 0 fully saturated rings. The molecule has 1 unspecified atom stereocenters. The van der Waals surface area contributed by atoms with Crippen LogP contribution in [-0.2, 0) is 21.4 Å². The molecule has 9 heteroatoms. The van der Waals surface area contributed by atoms with Crippen LogP contribution in [0.1, 0.15) is 31.9 Å². The molecule has 1 amide bonds. The Morgan fingerprint density at radius 2 is 1.76 bits per heavy atom. The Morgan fingerprint density at radius 1 is 1.09 bits per heavy atom. The molecule has 0 saturated heterocycles. The number of hydrogen-bond donors (Lipinski definition) is 1. The van der Waals surface area contributed by atoms with Crippen molar-refractivity contribution in [1.82, 2.24) is 9.21 Å². The number of aryl methyl sites for hydroxylation is 1. The first-order valence-corrected chi connectivity index (χ1v) is 12.4. The van der Waals surface area contributed by atoms with Crippen LogP contribution < -0.4 is 14.8 Å². The van der Waals surface area contributed by atoms with Gasteiger partial charge in [-0.15, -0.1) is 0 Å². The van der Waals surface area contributed by atoms with Gasteiger partial charge in [-0.25, -0.2) is 8.42 Å². The highest BCUT2D eigenvalue weighted by molar-refractivity contribution is 7.89. The molecular weight excluding hydrogens is 442 g/mol. The molecule has 0 aliphatic rings. The minimum Gasteiger partial charge on any atom is -0.493 e. The van der Waals surface area contributed by atoms with Crippen molar-refractivity contribution in [3.63, 3.8) is 0 Å². The van der Waals surface area contributed by atoms with Crippen LogP contribution in [0.15, 0.2) is 41.3 Å². The maximum Gasteiger partial charge on any atom is 0.243 e. The fourth-order valence-corrected chi connectivity index (χ4v) is 5.30. The van der Waals surface area contributed by atoms with Crippen molar-refractivity contribution in [2.45, 2.75) is 45.2 Å². The van der Waals surface area contributed by atoms with Crippen LogP contribution in [0.2, 0.25) is 0 Å². The smallest absolute Gasteiger partial charge is 0.243 e. The maximum atomic E-state index is 13.0. The lowest BCUT2D eigenvalue weighted by atomic mass is 10.1. The van der Waals surface area contributed by atoms with E-state index in [0.29, 0.717) is 42.4 Å². The summed E-state index contributed by atoms with van der Waals surface area (Å²) in [5.41, 5.74) is 1.97. The van der Waals surface area contributed by atoms with E-state index in [4.69, 9.17) is 9.47 Å². The number of hydrogen-bond acceptors (Lipinski definition) is 6. The number of carbonyl (C=O) groups excluding carboxylic acids is 1. The average molecular weight is 478 g/mol. The maximum absolute atomic E-state index is 13.0. The molecule has 1 N–H and O–H groups in total. The predicted molar refractivity (Wildman–Crippen MR) is 130 cm³/mol. The third-order valence-corrected chi connectivity index (χ3v) is 7.92. The second kappa shape index (κ2) is 11.5. The molecule has 33 heavy (non-hydrogen) atoms. The lowest BCUT2D eigenvalue weighted by Crippen LogP contribution is -2.39. The number of nitrogens with one attached hydrogen (secondary N) is 1. The van der Waals surface area contributed by atoms with Gasteiger partial charge in [-0.2, -0.15) is 4.31 Å². The summed E-state index contributed by atoms with van der Waals surface area (Å²) < 4.78 is 38.2. The van der Waals surface area contributed by atoms with Gasteiger partial charge in [-0.05, 0) is 44.7 Å². The molecule has 2 rings (SSSR count). The Kier molecular flexibility index (Phi) is 9.27. The van der Waals surface area contributed by atoms with Gasteiger partial charge < -0.3 is 14.8 Å². The molecule has 8 nitrogen and oxygen atoms in total. The van der Waals surface area contributed by atoms with Crippen molar-refractivity contribution in [3.05, 3.63) is 47.5 Å². The van der Waals surface area contributed by atoms with Gasteiger partial charge in [0, 0.05) is 30.9 Å². The quantitative estimate of drug-likeness (QED) is 0.533. The van der Waals surface area contributed by atoms with Crippen molar-refractivity contribution >= 4 is 21.6 Å². The van der Waals surface area contributed by atoms with Gasteiger partial charge in [0.15, 0.2) is 11.5 Å². The predicted octanol–water partition coefficient (Wildman–Crippen LogP) is 3.50. The van der Waals surface area contributed by atoms with Crippen molar-refractivity contribution in [1.29, 1.82) is 0 Å². The third-order valence-electron chi connectivity index (χ3n) is 5.72. The first-order chi connectivity index (χ1) is 15.6. The highest BCUT2D eigenvalue weighted by atomic mass is 32.2. The number of para-hydroxylation sites is 1. The number of carbonyl (C=O) groups is 1. The molecule has 0 radical (unpaired) electrons. The first kappa shape index (κ1) is 26.6. The fraction of sp³-hybridized carbons (Fsp3) is 0.458. The normalized spacial score (nSPS) is 12.6. The Balaban J connectivity index is 2.20. The highest BCUT2D eigenvalue weighted by Gasteiger charge is 2.25. The van der Waals surface area contributed by atoms with E-state index in [1.165, 1.54) is 10.4 Å². The molecule has 182 valence electrons. The first-order valence-electron chi connectivity index (χ1n) is 10.9. The highest BCUT2D eigenvalue weighted by Crippen LogP contribution is 2.31. The average Bonchev–Trinajstić information content (AvgIpc) is 2.79. The summed E-state index contributed by atoms with van der Waals surface area (Å²) in [6.45, 7) is 8.37. The van der Waals surface area contributed by atoms with Gasteiger partial charge in [-0.1, -0.05) is 32.0 Å². The number of benzene rings is 2. The third kappa shape index (κ3) is 6.04. The molecular formula is C24H35N3O5S. The number of methoxy groups -OCH3 is 2. The molecule has 0 heterocycles. The monoisotopic (exact) mass is 477 g/mol. The van der Waals surface area contributed by atoms with Crippen molar-refractivity contribution < 1.29 is 22.7 Å². The van der Waals surface area contributed by atoms with Crippen molar-refractivity contribution in [2.24, 2.45) is 0 Å². The van der Waals surface area contributed by atoms with Crippen LogP contribution in [0.3, 0.4) is 0 Å². The van der Waals surface area contributed by atoms with Crippen LogP contribution in [-0.4, -0.2) is 63.9 Å². The summed E-state index contributed by atoms with van der Waals surface area (Å²) in [6, 6.07) is 10.1. The lowest BCUT2D eigenvalue weighted by Gasteiger charge is -2.25. The Hall–Kier alpha value is -2.62. The Labute approximate surface area is 197 Å². The van der Waals surface area contributed by atoms with Crippen LogP contribution in [0.4, 0.5) is 5.69 Å². The number of amides is 1. The van der Waals surface area contributed by atoms with Gasteiger partial charge in [0.1, 0.15) is 0 Å². The van der Waals surface area contributed by atoms with Crippen LogP contribution in [0.5, 0.6) is 11.5 Å². The van der Waals surface area contributed by atoms with Gasteiger partial charge in [0.25, 0.3) is 0 Å². The van der Waals surface area contributed by atoms with Crippen molar-refractivity contribution in [2.75, 3.05) is 39.7 Å². The van der Waals surface area contributed by atoms with E-state index in [1.54, 1.807) is 54.0 Å². The summed E-state index contributed by atoms with van der Waals surface area (Å²) in [5, 5.41) is 2.85. The number of rotatable bonds is 11. The van der Waals surface area contributed by atoms with Crippen molar-refractivity contribution in [3.8, 4) is 11.5 Å². The minimum absolute atomic E-state index is 0.200. The summed E-state index contributed by atoms with van der Waals surface area (Å²) in [5.74, 6) is 1.01. The van der Waals surface area contributed by atoms with Gasteiger partial charge >= 0.3 is 0 Å². The van der Waals surface area contributed by atoms with E-state index in [-0.39, 0.29) is 10.8 Å². The zero-order valence-electron chi connectivity index (χ0n) is 20.5. The number of likely N-dealkylation sites (N-methyl/N-ethyl adjacent to an activating group) is 1. The van der Waals surface area contributed by atoms with Crippen LogP contribution in [0.25, 0.3) is 0 Å². The number of anilines is 1. The van der Waals surface area contributed by atoms with Gasteiger partial charge in [0.05, 0.1) is 25.2 Å². The standard InChI is InChI=1S/C24H35N3O5S/c1-8-27(9-2)33(29,30)22-15-20(14-13-17(22)3)25-24(28)18(4)26(5)16-19-11-10-12-21(31-6)23(19)32-7/h10-15,18H,8-9,16H2,1-7H3,(H,25,28). The number of sulfonamides is 1. The molecule has 2 aromatic rings. The summed E-state index contributed by atoms with van der Waals surface area (Å²) >= 11 is 0. The van der Waals surface area contributed by atoms with E-state index in [1.807, 2.05) is 30.1 Å². The van der Waals surface area contributed by atoms with E-state index in [9.17, 15) is 13.2 Å². The van der Waals surface area contributed by atoms with Gasteiger partial charge in [-0.3, -0.25) is 9.69 Å².